The van der Waals surface area contributed by atoms with Gasteiger partial charge in [-0.05, 0) is 37.2 Å². The van der Waals surface area contributed by atoms with Crippen LogP contribution in [0.3, 0.4) is 0 Å². The Labute approximate surface area is 112 Å². The third-order valence-electron chi connectivity index (χ3n) is 3.07. The van der Waals surface area contributed by atoms with E-state index < -0.39 is 6.10 Å². The van der Waals surface area contributed by atoms with Crippen molar-refractivity contribution in [1.29, 1.82) is 0 Å². The summed E-state index contributed by atoms with van der Waals surface area (Å²) >= 11 is 0. The maximum atomic E-state index is 12.8. The fourth-order valence-corrected chi connectivity index (χ4v) is 1.97. The minimum Gasteiger partial charge on any atom is -0.472 e. The predicted octanol–water partition coefficient (Wildman–Crippen LogP) is 2.97. The van der Waals surface area contributed by atoms with Crippen LogP contribution in [0.25, 0.3) is 0 Å². The highest BCUT2D eigenvalue weighted by Crippen LogP contribution is 2.17. The summed E-state index contributed by atoms with van der Waals surface area (Å²) in [6.45, 7) is 1.54. The average molecular weight is 263 g/mol. The van der Waals surface area contributed by atoms with E-state index in [0.29, 0.717) is 6.42 Å². The number of furan rings is 1. The highest BCUT2D eigenvalue weighted by Gasteiger charge is 2.09. The molecule has 0 aliphatic heterocycles. The van der Waals surface area contributed by atoms with E-state index in [0.717, 1.165) is 24.2 Å². The summed E-state index contributed by atoms with van der Waals surface area (Å²) in [5.74, 6) is -0.284. The van der Waals surface area contributed by atoms with Crippen LogP contribution in [0.4, 0.5) is 4.39 Å². The van der Waals surface area contributed by atoms with E-state index in [4.69, 9.17) is 4.42 Å². The molecule has 1 N–H and O–H groups in total. The van der Waals surface area contributed by atoms with Gasteiger partial charge in [0.25, 0.3) is 0 Å². The smallest absolute Gasteiger partial charge is 0.123 e. The molecule has 19 heavy (non-hydrogen) atoms. The molecular weight excluding hydrogens is 245 g/mol. The summed E-state index contributed by atoms with van der Waals surface area (Å²) in [6, 6.07) is 7.90. The van der Waals surface area contributed by atoms with Crippen molar-refractivity contribution < 1.29 is 13.9 Å². The van der Waals surface area contributed by atoms with Crippen LogP contribution >= 0.6 is 0 Å². The van der Waals surface area contributed by atoms with Crippen LogP contribution in [-0.2, 0) is 6.54 Å². The molecule has 0 saturated heterocycles. The summed E-state index contributed by atoms with van der Waals surface area (Å²) in [4.78, 5) is 2.11. The van der Waals surface area contributed by atoms with E-state index in [2.05, 4.69) is 4.90 Å². The van der Waals surface area contributed by atoms with Crippen LogP contribution in [0, 0.1) is 5.82 Å². The van der Waals surface area contributed by atoms with Gasteiger partial charge in [0.15, 0.2) is 0 Å². The fraction of sp³-hybridized carbons (Fsp3) is 0.333. The minimum absolute atomic E-state index is 0.284. The van der Waals surface area contributed by atoms with Gasteiger partial charge in [-0.3, -0.25) is 0 Å². The van der Waals surface area contributed by atoms with Crippen molar-refractivity contribution in [2.24, 2.45) is 0 Å². The van der Waals surface area contributed by atoms with Crippen LogP contribution in [0.2, 0.25) is 0 Å². The zero-order valence-corrected chi connectivity index (χ0v) is 10.9. The zero-order chi connectivity index (χ0) is 13.7. The molecule has 0 aliphatic carbocycles. The van der Waals surface area contributed by atoms with Gasteiger partial charge < -0.3 is 14.4 Å². The average Bonchev–Trinajstić information content (AvgIpc) is 2.89. The fourth-order valence-electron chi connectivity index (χ4n) is 1.97. The van der Waals surface area contributed by atoms with Gasteiger partial charge in [0.05, 0.1) is 18.6 Å². The van der Waals surface area contributed by atoms with Crippen molar-refractivity contribution in [2.45, 2.75) is 19.1 Å². The molecule has 1 heterocycles. The number of hydrogen-bond donors (Lipinski definition) is 1. The van der Waals surface area contributed by atoms with Gasteiger partial charge in [-0.15, -0.1) is 0 Å². The first kappa shape index (κ1) is 13.8. The number of benzene rings is 1. The van der Waals surface area contributed by atoms with Crippen molar-refractivity contribution in [3.05, 3.63) is 59.8 Å². The summed E-state index contributed by atoms with van der Waals surface area (Å²) in [5, 5.41) is 10.0. The standard InChI is InChI=1S/C15H18FNO2/c1-17(10-12-7-9-19-11-12)8-6-15(18)13-2-4-14(16)5-3-13/h2-5,7,9,11,15,18H,6,8,10H2,1H3. The van der Waals surface area contributed by atoms with Crippen molar-refractivity contribution in [3.63, 3.8) is 0 Å². The molecule has 0 aliphatic rings. The van der Waals surface area contributed by atoms with Crippen LogP contribution < -0.4 is 0 Å². The van der Waals surface area contributed by atoms with E-state index in [1.165, 1.54) is 12.1 Å². The lowest BCUT2D eigenvalue weighted by Gasteiger charge is -2.18. The summed E-state index contributed by atoms with van der Waals surface area (Å²) in [7, 11) is 1.99. The topological polar surface area (TPSA) is 36.6 Å². The van der Waals surface area contributed by atoms with Gasteiger partial charge in [0.1, 0.15) is 5.82 Å². The van der Waals surface area contributed by atoms with Gasteiger partial charge >= 0.3 is 0 Å². The number of rotatable bonds is 6. The van der Waals surface area contributed by atoms with E-state index in [-0.39, 0.29) is 5.82 Å². The van der Waals surface area contributed by atoms with Gasteiger partial charge in [0.2, 0.25) is 0 Å². The van der Waals surface area contributed by atoms with Gasteiger partial charge in [-0.1, -0.05) is 12.1 Å². The van der Waals surface area contributed by atoms with E-state index in [1.54, 1.807) is 24.7 Å². The Hall–Kier alpha value is -1.65. The number of aliphatic hydroxyl groups is 1. The molecule has 0 radical (unpaired) electrons. The summed E-state index contributed by atoms with van der Waals surface area (Å²) < 4.78 is 17.8. The third-order valence-corrected chi connectivity index (χ3v) is 3.07. The summed E-state index contributed by atoms with van der Waals surface area (Å²) in [5.41, 5.74) is 1.86. The SMILES string of the molecule is CN(CCC(O)c1ccc(F)cc1)Cc1ccoc1. The van der Waals surface area contributed by atoms with Crippen LogP contribution in [0.1, 0.15) is 23.7 Å². The number of halogens is 1. The number of nitrogens with zero attached hydrogens (tertiary/aromatic N) is 1. The normalized spacial score (nSPS) is 12.8. The molecule has 2 aromatic rings. The Kier molecular flexibility index (Phi) is 4.71. The van der Waals surface area contributed by atoms with Crippen LogP contribution in [0.5, 0.6) is 0 Å². The second-order valence-corrected chi connectivity index (χ2v) is 4.73. The first-order chi connectivity index (χ1) is 9.15. The van der Waals surface area contributed by atoms with Crippen molar-refractivity contribution in [2.75, 3.05) is 13.6 Å². The van der Waals surface area contributed by atoms with Crippen molar-refractivity contribution in [3.8, 4) is 0 Å². The van der Waals surface area contributed by atoms with Gasteiger partial charge in [-0.2, -0.15) is 0 Å². The molecule has 1 unspecified atom stereocenters. The Bertz CT molecular complexity index is 481. The first-order valence-electron chi connectivity index (χ1n) is 6.28. The third kappa shape index (κ3) is 4.19. The van der Waals surface area contributed by atoms with Crippen LogP contribution in [0.15, 0.2) is 47.3 Å². The maximum absolute atomic E-state index is 12.8. The van der Waals surface area contributed by atoms with Crippen molar-refractivity contribution >= 4 is 0 Å². The highest BCUT2D eigenvalue weighted by molar-refractivity contribution is 5.18. The lowest BCUT2D eigenvalue weighted by atomic mass is 10.1. The predicted molar refractivity (Wildman–Crippen MR) is 71.0 cm³/mol. The van der Waals surface area contributed by atoms with E-state index >= 15 is 0 Å². The van der Waals surface area contributed by atoms with Crippen LogP contribution in [-0.4, -0.2) is 23.6 Å². The lowest BCUT2D eigenvalue weighted by molar-refractivity contribution is 0.147. The molecule has 0 amide bonds. The van der Waals surface area contributed by atoms with E-state index in [9.17, 15) is 9.50 Å². The molecule has 102 valence electrons. The first-order valence-corrected chi connectivity index (χ1v) is 6.28. The molecule has 0 spiro atoms. The Balaban J connectivity index is 1.79. The Morgan fingerprint density at radius 1 is 1.26 bits per heavy atom. The maximum Gasteiger partial charge on any atom is 0.123 e. The second-order valence-electron chi connectivity index (χ2n) is 4.73. The quantitative estimate of drug-likeness (QED) is 0.870. The van der Waals surface area contributed by atoms with Gasteiger partial charge in [0, 0.05) is 18.7 Å². The molecule has 0 saturated carbocycles. The summed E-state index contributed by atoms with van der Waals surface area (Å²) in [6.07, 6.45) is 3.41. The molecule has 4 heteroatoms. The van der Waals surface area contributed by atoms with E-state index in [1.807, 2.05) is 13.1 Å². The Morgan fingerprint density at radius 3 is 2.63 bits per heavy atom. The molecule has 3 nitrogen and oxygen atoms in total. The molecule has 1 atom stereocenters. The molecule has 0 bridgehead atoms. The van der Waals surface area contributed by atoms with Crippen molar-refractivity contribution in [1.82, 2.24) is 4.90 Å². The highest BCUT2D eigenvalue weighted by atomic mass is 19.1. The second kappa shape index (κ2) is 6.50. The largest absolute Gasteiger partial charge is 0.472 e. The minimum atomic E-state index is -0.563. The molecule has 0 fully saturated rings. The Morgan fingerprint density at radius 2 is 2.00 bits per heavy atom. The molecule has 1 aromatic heterocycles. The zero-order valence-electron chi connectivity index (χ0n) is 10.9. The number of aliphatic hydroxyl groups excluding tert-OH is 1. The van der Waals surface area contributed by atoms with Gasteiger partial charge in [-0.25, -0.2) is 4.39 Å². The molecule has 1 aromatic carbocycles. The molecular formula is C15H18FNO2. The monoisotopic (exact) mass is 263 g/mol. The number of hydrogen-bond acceptors (Lipinski definition) is 3. The lowest BCUT2D eigenvalue weighted by Crippen LogP contribution is -2.20. The molecule has 2 rings (SSSR count).